The molecule has 1 aliphatic rings. The van der Waals surface area contributed by atoms with Gasteiger partial charge in [-0.3, -0.25) is 34.2 Å². The molecule has 2 aromatic rings. The number of ether oxygens (including phenoxy) is 1. The van der Waals surface area contributed by atoms with Crippen LogP contribution in [0.4, 0.5) is 11.4 Å². The maximum Gasteiger partial charge on any atom is 0.243 e. The second-order valence-corrected chi connectivity index (χ2v) is 9.24. The van der Waals surface area contributed by atoms with Gasteiger partial charge in [-0.25, -0.2) is 0 Å². The molecule has 4 amide bonds. The van der Waals surface area contributed by atoms with Crippen LogP contribution >= 0.6 is 0 Å². The van der Waals surface area contributed by atoms with Crippen LogP contribution in [0.5, 0.6) is 5.75 Å². The van der Waals surface area contributed by atoms with E-state index in [2.05, 4.69) is 21.3 Å². The third kappa shape index (κ3) is 10.1. The van der Waals surface area contributed by atoms with Crippen LogP contribution in [0.25, 0.3) is 0 Å². The zero-order chi connectivity index (χ0) is 29.5. The van der Waals surface area contributed by atoms with Crippen molar-refractivity contribution in [3.63, 3.8) is 0 Å². The Balaban J connectivity index is 0.000000469. The van der Waals surface area contributed by atoms with Gasteiger partial charge in [0.1, 0.15) is 12.0 Å². The number of carbonyl (C=O) groups is 5. The molecule has 0 saturated carbocycles. The third-order valence-corrected chi connectivity index (χ3v) is 6.21. The van der Waals surface area contributed by atoms with E-state index >= 15 is 0 Å². The lowest BCUT2D eigenvalue weighted by molar-refractivity contribution is -0.137. The molecule has 6 N–H and O–H groups in total. The Morgan fingerprint density at radius 2 is 1.95 bits per heavy atom. The first-order valence-corrected chi connectivity index (χ1v) is 12.9. The SMILES string of the molecule is CN(Cc1c(C=O)cccc1NC(=O)CCNCCNC=O)C1CCC(=O)NC1=O.COc1cc(C)ccc1N. The van der Waals surface area contributed by atoms with Crippen LogP contribution in [0.2, 0.25) is 0 Å². The van der Waals surface area contributed by atoms with Crippen molar-refractivity contribution in [3.05, 3.63) is 53.1 Å². The minimum absolute atomic E-state index is 0.217. The first-order chi connectivity index (χ1) is 19.2. The molecule has 12 heteroatoms. The second-order valence-electron chi connectivity index (χ2n) is 9.24. The summed E-state index contributed by atoms with van der Waals surface area (Å²) in [6, 6.07) is 10.3. The zero-order valence-corrected chi connectivity index (χ0v) is 23.1. The van der Waals surface area contributed by atoms with Crippen LogP contribution in [0.3, 0.4) is 0 Å². The summed E-state index contributed by atoms with van der Waals surface area (Å²) in [6.07, 6.45) is 2.20. The van der Waals surface area contributed by atoms with Gasteiger partial charge in [0.05, 0.1) is 18.8 Å². The summed E-state index contributed by atoms with van der Waals surface area (Å²) in [4.78, 5) is 59.3. The number of likely N-dealkylation sites (N-methyl/N-ethyl adjacent to an activating group) is 1. The van der Waals surface area contributed by atoms with Crippen molar-refractivity contribution in [2.45, 2.75) is 38.8 Å². The van der Waals surface area contributed by atoms with E-state index in [-0.39, 0.29) is 37.1 Å². The Bertz CT molecular complexity index is 1190. The number of aldehydes is 1. The third-order valence-electron chi connectivity index (χ3n) is 6.21. The van der Waals surface area contributed by atoms with Crippen LogP contribution in [0, 0.1) is 6.92 Å². The summed E-state index contributed by atoms with van der Waals surface area (Å²) in [5.41, 5.74) is 8.96. The topological polar surface area (TPSA) is 172 Å². The highest BCUT2D eigenvalue weighted by Crippen LogP contribution is 2.23. The Morgan fingerprint density at radius 1 is 1.18 bits per heavy atom. The van der Waals surface area contributed by atoms with Crippen LogP contribution in [0.15, 0.2) is 36.4 Å². The van der Waals surface area contributed by atoms with E-state index in [0.29, 0.717) is 61.3 Å². The average Bonchev–Trinajstić information content (AvgIpc) is 2.93. The number of hydrogen-bond acceptors (Lipinski definition) is 9. The maximum absolute atomic E-state index is 12.3. The molecule has 40 heavy (non-hydrogen) atoms. The number of rotatable bonds is 13. The van der Waals surface area contributed by atoms with Crippen molar-refractivity contribution in [2.24, 2.45) is 0 Å². The van der Waals surface area contributed by atoms with Gasteiger partial charge in [-0.2, -0.15) is 0 Å². The fourth-order valence-electron chi connectivity index (χ4n) is 4.05. The van der Waals surface area contributed by atoms with Crippen LogP contribution in [-0.4, -0.2) is 75.2 Å². The van der Waals surface area contributed by atoms with Crippen molar-refractivity contribution in [2.75, 3.05) is 44.8 Å². The van der Waals surface area contributed by atoms with Gasteiger partial charge in [-0.05, 0) is 44.2 Å². The summed E-state index contributed by atoms with van der Waals surface area (Å²) in [6.45, 7) is 3.72. The van der Waals surface area contributed by atoms with Crippen molar-refractivity contribution in [1.82, 2.24) is 20.9 Å². The number of nitrogen functional groups attached to an aromatic ring is 1. The smallest absolute Gasteiger partial charge is 0.243 e. The van der Waals surface area contributed by atoms with Crippen molar-refractivity contribution in [1.29, 1.82) is 0 Å². The van der Waals surface area contributed by atoms with Crippen LogP contribution in [-0.2, 0) is 25.7 Å². The van der Waals surface area contributed by atoms with Gasteiger partial charge < -0.3 is 26.4 Å². The monoisotopic (exact) mass is 554 g/mol. The van der Waals surface area contributed by atoms with E-state index in [4.69, 9.17) is 10.5 Å². The molecule has 3 rings (SSSR count). The number of benzene rings is 2. The molecule has 1 heterocycles. The molecule has 1 unspecified atom stereocenters. The largest absolute Gasteiger partial charge is 0.495 e. The van der Waals surface area contributed by atoms with Gasteiger partial charge in [-0.15, -0.1) is 0 Å². The molecule has 12 nitrogen and oxygen atoms in total. The van der Waals surface area contributed by atoms with Crippen LogP contribution in [0.1, 0.15) is 40.7 Å². The lowest BCUT2D eigenvalue weighted by atomic mass is 10.0. The van der Waals surface area contributed by atoms with Gasteiger partial charge in [-0.1, -0.05) is 18.2 Å². The standard InChI is InChI=1S/C20H27N5O5.C8H11NO/c1-25(17-5-6-18(28)24-20(17)30)11-15-14(12-26)3-2-4-16(15)23-19(29)7-8-21-9-10-22-13-27;1-6-3-4-7(9)8(5-6)10-2/h2-4,12-13,17,21H,5-11H2,1H3,(H,22,27)(H,23,29)(H,24,28,30);3-5H,9H2,1-2H3. The number of anilines is 2. The number of nitrogens with zero attached hydrogens (tertiary/aromatic N) is 1. The van der Waals surface area contributed by atoms with E-state index in [1.54, 1.807) is 37.3 Å². The highest BCUT2D eigenvalue weighted by molar-refractivity contribution is 6.00. The Labute approximate surface area is 234 Å². The lowest BCUT2D eigenvalue weighted by Crippen LogP contribution is -2.51. The average molecular weight is 555 g/mol. The minimum atomic E-state index is -0.491. The van der Waals surface area contributed by atoms with E-state index in [9.17, 15) is 24.0 Å². The fourth-order valence-corrected chi connectivity index (χ4v) is 4.05. The molecule has 2 aromatic carbocycles. The molecular formula is C28H38N6O6. The highest BCUT2D eigenvalue weighted by atomic mass is 16.5. The van der Waals surface area contributed by atoms with Gasteiger partial charge >= 0.3 is 0 Å². The molecule has 1 fully saturated rings. The van der Waals surface area contributed by atoms with Gasteiger partial charge in [0.25, 0.3) is 0 Å². The van der Waals surface area contributed by atoms with Crippen molar-refractivity contribution < 1.29 is 28.7 Å². The summed E-state index contributed by atoms with van der Waals surface area (Å²) in [5.74, 6) is -0.127. The number of methoxy groups -OCH3 is 1. The number of piperidine rings is 1. The summed E-state index contributed by atoms with van der Waals surface area (Å²) in [5, 5.41) is 10.7. The molecule has 0 aliphatic carbocycles. The van der Waals surface area contributed by atoms with Crippen LogP contribution < -0.4 is 31.7 Å². The molecule has 1 atom stereocenters. The number of nitrogens with two attached hydrogens (primary N) is 1. The number of imide groups is 1. The lowest BCUT2D eigenvalue weighted by Gasteiger charge is -2.30. The van der Waals surface area contributed by atoms with Gasteiger partial charge in [0.2, 0.25) is 24.1 Å². The predicted octanol–water partition coefficient (Wildman–Crippen LogP) is 0.986. The molecule has 0 bridgehead atoms. The minimum Gasteiger partial charge on any atom is -0.495 e. The van der Waals surface area contributed by atoms with E-state index in [1.165, 1.54) is 0 Å². The number of nitrogens with one attached hydrogen (secondary N) is 4. The number of hydrogen-bond donors (Lipinski definition) is 5. The van der Waals surface area contributed by atoms with Crippen molar-refractivity contribution in [3.8, 4) is 5.75 Å². The predicted molar refractivity (Wildman–Crippen MR) is 152 cm³/mol. The Kier molecular flexibility index (Phi) is 13.3. The van der Waals surface area contributed by atoms with Crippen molar-refractivity contribution >= 4 is 41.8 Å². The normalized spacial score (nSPS) is 14.4. The summed E-state index contributed by atoms with van der Waals surface area (Å²) >= 11 is 0. The first-order valence-electron chi connectivity index (χ1n) is 12.9. The fraction of sp³-hybridized carbons (Fsp3) is 0.393. The molecular weight excluding hydrogens is 516 g/mol. The summed E-state index contributed by atoms with van der Waals surface area (Å²) in [7, 11) is 3.36. The number of amides is 4. The Morgan fingerprint density at radius 3 is 2.60 bits per heavy atom. The van der Waals surface area contributed by atoms with E-state index in [0.717, 1.165) is 11.3 Å². The molecule has 1 aliphatic heterocycles. The molecule has 0 spiro atoms. The van der Waals surface area contributed by atoms with E-state index in [1.807, 2.05) is 25.1 Å². The molecule has 216 valence electrons. The van der Waals surface area contributed by atoms with Gasteiger partial charge in [0, 0.05) is 55.8 Å². The number of aryl methyl sites for hydroxylation is 1. The first kappa shape index (κ1) is 31.9. The molecule has 0 aromatic heterocycles. The number of carbonyl (C=O) groups excluding carboxylic acids is 5. The summed E-state index contributed by atoms with van der Waals surface area (Å²) < 4.78 is 5.00. The zero-order valence-electron chi connectivity index (χ0n) is 23.1. The Hall–Kier alpha value is -4.29. The second kappa shape index (κ2) is 16.6. The maximum atomic E-state index is 12.3. The van der Waals surface area contributed by atoms with E-state index < -0.39 is 6.04 Å². The molecule has 1 saturated heterocycles. The molecule has 0 radical (unpaired) electrons. The highest BCUT2D eigenvalue weighted by Gasteiger charge is 2.30. The van der Waals surface area contributed by atoms with Gasteiger partial charge in [0.15, 0.2) is 0 Å². The quantitative estimate of drug-likeness (QED) is 0.105.